The summed E-state index contributed by atoms with van der Waals surface area (Å²) in [5.74, 6) is -0.557. The zero-order valence-electron chi connectivity index (χ0n) is 50.7. The number of unbranched alkanes of at least 4 members (excludes halogenated alkanes) is 34. The first-order valence-electron chi connectivity index (χ1n) is 32.1. The van der Waals surface area contributed by atoms with Gasteiger partial charge in [-0.25, -0.2) is 0 Å². The maximum atomic E-state index is 13.5. The average Bonchev–Trinajstić information content (AvgIpc) is 3.38. The molecule has 0 saturated heterocycles. The van der Waals surface area contributed by atoms with E-state index >= 15 is 0 Å². The molecular weight excluding hydrogens is 964 g/mol. The number of amides is 1. The highest BCUT2D eigenvalue weighted by atomic mass is 31.2. The third-order valence-corrected chi connectivity index (χ3v) is 15.1. The van der Waals surface area contributed by atoms with E-state index in [1.807, 2.05) is 33.3 Å². The highest BCUT2D eigenvalue weighted by Crippen LogP contribution is 2.38. The van der Waals surface area contributed by atoms with Gasteiger partial charge in [-0.05, 0) is 96.0 Å². The zero-order valence-corrected chi connectivity index (χ0v) is 51.6. The number of quaternary nitrogens is 1. The molecule has 9 nitrogen and oxygen atoms in total. The number of hydrogen-bond donors (Lipinski definition) is 1. The molecule has 0 aliphatic carbocycles. The molecule has 0 aromatic heterocycles. The maximum absolute atomic E-state index is 13.5. The largest absolute Gasteiger partial charge is 0.756 e. The van der Waals surface area contributed by atoms with Crippen molar-refractivity contribution in [3.63, 3.8) is 0 Å². The number of phosphoric acid groups is 1. The molecule has 0 heterocycles. The Kier molecular flexibility index (Phi) is 54.3. The lowest BCUT2D eigenvalue weighted by Crippen LogP contribution is -2.47. The van der Waals surface area contributed by atoms with Gasteiger partial charge in [0.2, 0.25) is 5.91 Å². The molecule has 1 N–H and O–H groups in total. The summed E-state index contributed by atoms with van der Waals surface area (Å²) in [7, 11) is 1.18. The highest BCUT2D eigenvalue weighted by Gasteiger charge is 2.27. The molecule has 0 bridgehead atoms. The summed E-state index contributed by atoms with van der Waals surface area (Å²) in [6, 6.07) is -0.898. The number of esters is 1. The Balaban J connectivity index is 5.21. The molecule has 0 aromatic carbocycles. The number of carbonyl (C=O) groups excluding carboxylic acids is 2. The van der Waals surface area contributed by atoms with Gasteiger partial charge in [-0.15, -0.1) is 0 Å². The average molecular weight is 1090 g/mol. The number of carbonyl (C=O) groups is 2. The number of phosphoric ester groups is 1. The van der Waals surface area contributed by atoms with E-state index in [0.29, 0.717) is 23.9 Å². The van der Waals surface area contributed by atoms with Gasteiger partial charge in [-0.1, -0.05) is 249 Å². The summed E-state index contributed by atoms with van der Waals surface area (Å²) in [5, 5.41) is 3.02. The number of ether oxygens (including phenoxy) is 1. The normalized spacial score (nSPS) is 14.0. The van der Waals surface area contributed by atoms with Crippen LogP contribution in [-0.4, -0.2) is 69.4 Å². The van der Waals surface area contributed by atoms with Gasteiger partial charge in [0.25, 0.3) is 7.82 Å². The van der Waals surface area contributed by atoms with Crippen molar-refractivity contribution < 1.29 is 37.3 Å². The summed E-state index contributed by atoms with van der Waals surface area (Å²) in [6.07, 6.45) is 70.4. The molecule has 0 radical (unpaired) electrons. The Morgan fingerprint density at radius 3 is 1.25 bits per heavy atom. The molecule has 3 atom stereocenters. The predicted octanol–water partition coefficient (Wildman–Crippen LogP) is 19.2. The van der Waals surface area contributed by atoms with Crippen molar-refractivity contribution in [1.82, 2.24) is 5.32 Å². The Morgan fingerprint density at radius 2 is 0.803 bits per heavy atom. The number of hydrogen-bond acceptors (Lipinski definition) is 7. The number of nitrogens with one attached hydrogen (secondary N) is 1. The van der Waals surface area contributed by atoms with Crippen LogP contribution in [0.1, 0.15) is 297 Å². The van der Waals surface area contributed by atoms with E-state index in [1.165, 1.54) is 173 Å². The van der Waals surface area contributed by atoms with Gasteiger partial charge in [0.05, 0.1) is 33.8 Å². The molecule has 1 amide bonds. The fourth-order valence-corrected chi connectivity index (χ4v) is 9.89. The lowest BCUT2D eigenvalue weighted by Gasteiger charge is -2.30. The summed E-state index contributed by atoms with van der Waals surface area (Å²) in [5.41, 5.74) is 0. The quantitative estimate of drug-likeness (QED) is 0.0212. The van der Waals surface area contributed by atoms with Crippen LogP contribution < -0.4 is 10.2 Å². The third kappa shape index (κ3) is 56.4. The van der Waals surface area contributed by atoms with Crippen molar-refractivity contribution in [3.05, 3.63) is 60.8 Å². The van der Waals surface area contributed by atoms with Gasteiger partial charge in [-0.3, -0.25) is 14.2 Å². The van der Waals surface area contributed by atoms with Gasteiger partial charge < -0.3 is 28.5 Å². The molecule has 76 heavy (non-hydrogen) atoms. The van der Waals surface area contributed by atoms with Crippen LogP contribution in [0.25, 0.3) is 0 Å². The number of allylic oxidation sites excluding steroid dienone is 9. The van der Waals surface area contributed by atoms with Crippen LogP contribution in [0.3, 0.4) is 0 Å². The number of nitrogens with zero attached hydrogens (tertiary/aromatic N) is 1. The lowest BCUT2D eigenvalue weighted by atomic mass is 10.0. The zero-order chi connectivity index (χ0) is 55.7. The lowest BCUT2D eigenvalue weighted by molar-refractivity contribution is -0.870. The van der Waals surface area contributed by atoms with Crippen LogP contribution >= 0.6 is 7.82 Å². The second kappa shape index (κ2) is 56.0. The summed E-state index contributed by atoms with van der Waals surface area (Å²) in [6.45, 7) is 6.82. The molecule has 0 fully saturated rings. The summed E-state index contributed by atoms with van der Waals surface area (Å²) < 4.78 is 30.3. The van der Waals surface area contributed by atoms with Crippen LogP contribution in [0, 0.1) is 0 Å². The first-order chi connectivity index (χ1) is 36.9. The van der Waals surface area contributed by atoms with E-state index in [0.717, 1.165) is 83.5 Å². The van der Waals surface area contributed by atoms with Crippen LogP contribution in [0.15, 0.2) is 60.8 Å². The summed E-state index contributed by atoms with van der Waals surface area (Å²) >= 11 is 0. The fourth-order valence-electron chi connectivity index (χ4n) is 9.17. The minimum Gasteiger partial charge on any atom is -0.756 e. The number of rotatable bonds is 58. The molecule has 444 valence electrons. The molecular formula is C66H123N2O7P. The number of likely N-dealkylation sites (N-methyl/N-ethyl adjacent to an activating group) is 1. The van der Waals surface area contributed by atoms with Gasteiger partial charge in [-0.2, -0.15) is 0 Å². The second-order valence-electron chi connectivity index (χ2n) is 22.9. The van der Waals surface area contributed by atoms with Gasteiger partial charge in [0, 0.05) is 12.8 Å². The molecule has 0 spiro atoms. The van der Waals surface area contributed by atoms with E-state index < -0.39 is 26.6 Å². The van der Waals surface area contributed by atoms with Crippen LogP contribution in [-0.2, 0) is 27.9 Å². The van der Waals surface area contributed by atoms with Crippen molar-refractivity contribution in [2.24, 2.45) is 0 Å². The molecule has 0 aliphatic heterocycles. The van der Waals surface area contributed by atoms with Gasteiger partial charge >= 0.3 is 5.97 Å². The minimum absolute atomic E-state index is 0.0261. The monoisotopic (exact) mass is 1090 g/mol. The Hall–Kier alpha value is -2.29. The standard InChI is InChI=1S/C66H123N2O7P/c1-7-10-13-16-19-22-25-28-30-31-32-33-34-35-36-37-38-41-44-47-50-53-56-59-66(70)75-64(57-54-51-48-45-42-39-27-24-21-18-15-12-9-3)63(62-74-76(71,72)73-61-60-68(4,5)6)67-65(69)58-55-52-49-46-43-40-29-26-23-20-17-14-11-8-2/h19,22,28,30,32-33,40,43,54,57,63-64H,7-18,20-21,23-27,29,31,34-39,41-42,44-53,55-56,58-62H2,1-6H3,(H-,67,69,71,72)/b22-19-,30-28-,33-32-,43-40-,57-54-. The van der Waals surface area contributed by atoms with Crippen molar-refractivity contribution >= 4 is 19.7 Å². The van der Waals surface area contributed by atoms with E-state index in [2.05, 4.69) is 74.7 Å². The second-order valence-corrected chi connectivity index (χ2v) is 24.3. The Labute approximate surface area is 471 Å². The molecule has 0 aliphatic rings. The van der Waals surface area contributed by atoms with E-state index in [9.17, 15) is 19.0 Å². The topological polar surface area (TPSA) is 114 Å². The first kappa shape index (κ1) is 73.7. The van der Waals surface area contributed by atoms with Crippen LogP contribution in [0.2, 0.25) is 0 Å². The predicted molar refractivity (Wildman–Crippen MR) is 325 cm³/mol. The molecule has 3 unspecified atom stereocenters. The van der Waals surface area contributed by atoms with Gasteiger partial charge in [0.1, 0.15) is 19.3 Å². The molecule has 0 rings (SSSR count). The van der Waals surface area contributed by atoms with Crippen molar-refractivity contribution in [2.45, 2.75) is 309 Å². The molecule has 0 aromatic rings. The molecule has 10 heteroatoms. The van der Waals surface area contributed by atoms with Crippen molar-refractivity contribution in [1.29, 1.82) is 0 Å². The van der Waals surface area contributed by atoms with Crippen LogP contribution in [0.5, 0.6) is 0 Å². The van der Waals surface area contributed by atoms with Crippen molar-refractivity contribution in [3.8, 4) is 0 Å². The van der Waals surface area contributed by atoms with E-state index in [4.69, 9.17) is 13.8 Å². The maximum Gasteiger partial charge on any atom is 0.306 e. The minimum atomic E-state index is -4.70. The fraction of sp³-hybridized carbons (Fsp3) is 0.818. The Bertz CT molecular complexity index is 1490. The SMILES string of the molecule is CCCCC/C=C\C/C=C\C/C=C\CCCCCCCCCCCCC(=O)OC(/C=C\CCCCCCCCCCCCC)C(COP(=O)([O-])OCC[N+](C)(C)C)NC(=O)CCCCC/C=C\CCCCCCCCC. The third-order valence-electron chi connectivity index (χ3n) is 14.2. The summed E-state index contributed by atoms with van der Waals surface area (Å²) in [4.78, 5) is 40.0. The highest BCUT2D eigenvalue weighted by molar-refractivity contribution is 7.45. The molecule has 0 saturated carbocycles. The Morgan fingerprint density at radius 1 is 0.461 bits per heavy atom. The van der Waals surface area contributed by atoms with E-state index in [1.54, 1.807) is 0 Å². The smallest absolute Gasteiger partial charge is 0.306 e. The van der Waals surface area contributed by atoms with Crippen LogP contribution in [0.4, 0.5) is 0 Å². The van der Waals surface area contributed by atoms with Gasteiger partial charge in [0.15, 0.2) is 0 Å². The van der Waals surface area contributed by atoms with Crippen molar-refractivity contribution in [2.75, 3.05) is 40.9 Å². The first-order valence-corrected chi connectivity index (χ1v) is 33.6. The van der Waals surface area contributed by atoms with E-state index in [-0.39, 0.29) is 24.9 Å².